The SMILES string of the molecule is COC(=O)CCN(CCCN(C)C)CCCN(CCC(=O)OC)CCC(=O)OC. The fourth-order valence-corrected chi connectivity index (χ4v) is 2.85. The predicted molar refractivity (Wildman–Crippen MR) is 111 cm³/mol. The molecule has 9 heteroatoms. The van der Waals surface area contributed by atoms with Gasteiger partial charge >= 0.3 is 17.9 Å². The molecule has 0 bridgehead atoms. The number of carbonyl (C=O) groups is 3. The minimum Gasteiger partial charge on any atom is -0.469 e. The highest BCUT2D eigenvalue weighted by Gasteiger charge is 2.13. The van der Waals surface area contributed by atoms with Crippen LogP contribution in [0.2, 0.25) is 0 Å². The van der Waals surface area contributed by atoms with Crippen LogP contribution in [0.15, 0.2) is 0 Å². The average Bonchev–Trinajstić information content (AvgIpc) is 2.71. The van der Waals surface area contributed by atoms with Crippen molar-refractivity contribution in [1.82, 2.24) is 14.7 Å². The fourth-order valence-electron chi connectivity index (χ4n) is 2.85. The first kappa shape index (κ1) is 27.3. The molecule has 0 N–H and O–H groups in total. The number of ether oxygens (including phenoxy) is 3. The number of rotatable bonds is 17. The molecule has 29 heavy (non-hydrogen) atoms. The summed E-state index contributed by atoms with van der Waals surface area (Å²) in [6, 6.07) is 0. The Labute approximate surface area is 175 Å². The van der Waals surface area contributed by atoms with Crippen molar-refractivity contribution in [3.8, 4) is 0 Å². The molecule has 0 amide bonds. The summed E-state index contributed by atoms with van der Waals surface area (Å²) >= 11 is 0. The second kappa shape index (κ2) is 17.2. The third-order valence-corrected chi connectivity index (χ3v) is 4.61. The molecule has 9 nitrogen and oxygen atoms in total. The Balaban J connectivity index is 4.56. The van der Waals surface area contributed by atoms with E-state index in [-0.39, 0.29) is 30.7 Å². The Morgan fingerprint density at radius 1 is 0.552 bits per heavy atom. The van der Waals surface area contributed by atoms with Gasteiger partial charge in [0.1, 0.15) is 0 Å². The van der Waals surface area contributed by atoms with E-state index in [1.807, 2.05) is 14.1 Å². The van der Waals surface area contributed by atoms with Crippen LogP contribution in [0.5, 0.6) is 0 Å². The molecular weight excluding hydrogens is 378 g/mol. The summed E-state index contributed by atoms with van der Waals surface area (Å²) in [5.74, 6) is -0.742. The molecule has 0 aromatic heterocycles. The topological polar surface area (TPSA) is 88.6 Å². The number of esters is 3. The Hall–Kier alpha value is -1.71. The van der Waals surface area contributed by atoms with Gasteiger partial charge in [-0.05, 0) is 53.1 Å². The van der Waals surface area contributed by atoms with E-state index >= 15 is 0 Å². The lowest BCUT2D eigenvalue weighted by atomic mass is 10.2. The van der Waals surface area contributed by atoms with Gasteiger partial charge in [-0.2, -0.15) is 0 Å². The van der Waals surface area contributed by atoms with Gasteiger partial charge < -0.3 is 28.9 Å². The molecule has 0 aliphatic heterocycles. The van der Waals surface area contributed by atoms with Gasteiger partial charge in [0.2, 0.25) is 0 Å². The predicted octanol–water partition coefficient (Wildman–Crippen LogP) is 0.622. The molecular formula is C20H39N3O6. The second-order valence-electron chi connectivity index (χ2n) is 7.17. The lowest BCUT2D eigenvalue weighted by Crippen LogP contribution is -2.35. The van der Waals surface area contributed by atoms with E-state index in [1.54, 1.807) is 0 Å². The number of methoxy groups -OCH3 is 3. The monoisotopic (exact) mass is 417 g/mol. The number of nitrogens with zero attached hydrogens (tertiary/aromatic N) is 3. The first-order valence-electron chi connectivity index (χ1n) is 10.1. The van der Waals surface area contributed by atoms with E-state index < -0.39 is 0 Å². The highest BCUT2D eigenvalue weighted by Crippen LogP contribution is 2.03. The van der Waals surface area contributed by atoms with Crippen LogP contribution in [-0.4, -0.2) is 114 Å². The molecule has 170 valence electrons. The molecule has 0 aromatic rings. The van der Waals surface area contributed by atoms with Crippen LogP contribution < -0.4 is 0 Å². The van der Waals surface area contributed by atoms with Crippen molar-refractivity contribution < 1.29 is 28.6 Å². The maximum absolute atomic E-state index is 11.5. The summed E-state index contributed by atoms with van der Waals surface area (Å²) < 4.78 is 14.2. The standard InChI is InChI=1S/C20H39N3O6/c1-21(2)11-6-12-22(15-8-18(24)27-3)13-7-14-23(16-9-19(25)28-4)17-10-20(26)29-5/h6-17H2,1-5H3. The second-order valence-corrected chi connectivity index (χ2v) is 7.17. The molecule has 0 aromatic carbocycles. The lowest BCUT2D eigenvalue weighted by molar-refractivity contribution is -0.142. The normalized spacial score (nSPS) is 11.2. The Kier molecular flexibility index (Phi) is 16.2. The minimum atomic E-state index is -0.267. The van der Waals surface area contributed by atoms with E-state index in [0.717, 1.165) is 39.0 Å². The molecule has 0 aliphatic rings. The first-order chi connectivity index (χ1) is 13.8. The molecule has 0 spiro atoms. The van der Waals surface area contributed by atoms with E-state index in [9.17, 15) is 14.4 Å². The van der Waals surface area contributed by atoms with E-state index in [1.165, 1.54) is 21.3 Å². The van der Waals surface area contributed by atoms with Gasteiger partial charge in [0.15, 0.2) is 0 Å². The summed E-state index contributed by atoms with van der Waals surface area (Å²) in [5, 5.41) is 0. The zero-order valence-corrected chi connectivity index (χ0v) is 18.8. The van der Waals surface area contributed by atoms with E-state index in [4.69, 9.17) is 14.2 Å². The van der Waals surface area contributed by atoms with Gasteiger partial charge in [-0.15, -0.1) is 0 Å². The maximum Gasteiger partial charge on any atom is 0.306 e. The Morgan fingerprint density at radius 3 is 1.17 bits per heavy atom. The smallest absolute Gasteiger partial charge is 0.306 e. The average molecular weight is 418 g/mol. The molecule has 0 saturated heterocycles. The molecule has 0 rings (SSSR count). The zero-order valence-electron chi connectivity index (χ0n) is 18.8. The highest BCUT2D eigenvalue weighted by atomic mass is 16.5. The van der Waals surface area contributed by atoms with Crippen LogP contribution in [0.25, 0.3) is 0 Å². The summed E-state index contributed by atoms with van der Waals surface area (Å²) in [4.78, 5) is 40.9. The van der Waals surface area contributed by atoms with Crippen LogP contribution in [0.1, 0.15) is 32.1 Å². The fraction of sp³-hybridized carbons (Fsp3) is 0.850. The van der Waals surface area contributed by atoms with Crippen LogP contribution in [0.4, 0.5) is 0 Å². The third-order valence-electron chi connectivity index (χ3n) is 4.61. The highest BCUT2D eigenvalue weighted by molar-refractivity contribution is 5.70. The quantitative estimate of drug-likeness (QED) is 0.250. The maximum atomic E-state index is 11.5. The third kappa shape index (κ3) is 15.8. The summed E-state index contributed by atoms with van der Waals surface area (Å²) in [6.07, 6.45) is 2.82. The van der Waals surface area contributed by atoms with Gasteiger partial charge in [0.05, 0.1) is 40.6 Å². The van der Waals surface area contributed by atoms with Crippen LogP contribution in [0, 0.1) is 0 Å². The van der Waals surface area contributed by atoms with Gasteiger partial charge in [-0.3, -0.25) is 14.4 Å². The Bertz CT molecular complexity index is 453. The van der Waals surface area contributed by atoms with Crippen molar-refractivity contribution >= 4 is 17.9 Å². The first-order valence-corrected chi connectivity index (χ1v) is 10.1. The molecule has 0 atom stereocenters. The van der Waals surface area contributed by atoms with Crippen molar-refractivity contribution in [2.24, 2.45) is 0 Å². The van der Waals surface area contributed by atoms with Crippen molar-refractivity contribution in [1.29, 1.82) is 0 Å². The van der Waals surface area contributed by atoms with E-state index in [0.29, 0.717) is 26.1 Å². The van der Waals surface area contributed by atoms with Crippen molar-refractivity contribution in [2.75, 3.05) is 81.2 Å². The number of carbonyl (C=O) groups excluding carboxylic acids is 3. The molecule has 0 unspecified atom stereocenters. The molecule has 0 heterocycles. The lowest BCUT2D eigenvalue weighted by Gasteiger charge is -2.26. The summed E-state index contributed by atoms with van der Waals surface area (Å²) in [6.45, 7) is 5.19. The van der Waals surface area contributed by atoms with Gasteiger partial charge in [0, 0.05) is 19.6 Å². The van der Waals surface area contributed by atoms with E-state index in [2.05, 4.69) is 14.7 Å². The van der Waals surface area contributed by atoms with Crippen LogP contribution in [-0.2, 0) is 28.6 Å². The van der Waals surface area contributed by atoms with Crippen molar-refractivity contribution in [2.45, 2.75) is 32.1 Å². The van der Waals surface area contributed by atoms with Crippen LogP contribution in [0.3, 0.4) is 0 Å². The van der Waals surface area contributed by atoms with Gasteiger partial charge in [-0.1, -0.05) is 0 Å². The minimum absolute atomic E-state index is 0.208. The molecule has 0 fully saturated rings. The molecule has 0 saturated carbocycles. The summed E-state index contributed by atoms with van der Waals surface area (Å²) in [5.41, 5.74) is 0. The molecule has 0 radical (unpaired) electrons. The van der Waals surface area contributed by atoms with Crippen LogP contribution >= 0.6 is 0 Å². The number of hydrogen-bond acceptors (Lipinski definition) is 9. The van der Waals surface area contributed by atoms with Gasteiger partial charge in [-0.25, -0.2) is 0 Å². The Morgan fingerprint density at radius 2 is 0.862 bits per heavy atom. The van der Waals surface area contributed by atoms with Gasteiger partial charge in [0.25, 0.3) is 0 Å². The van der Waals surface area contributed by atoms with Crippen molar-refractivity contribution in [3.63, 3.8) is 0 Å². The zero-order chi connectivity index (χ0) is 22.1. The molecule has 0 aliphatic carbocycles. The van der Waals surface area contributed by atoms with Crippen molar-refractivity contribution in [3.05, 3.63) is 0 Å². The number of hydrogen-bond donors (Lipinski definition) is 0. The largest absolute Gasteiger partial charge is 0.469 e. The summed E-state index contributed by atoms with van der Waals surface area (Å²) in [7, 11) is 8.22.